The second-order valence-corrected chi connectivity index (χ2v) is 7.54. The number of amides is 1. The minimum Gasteiger partial charge on any atom is -0.381 e. The third-order valence-electron chi connectivity index (χ3n) is 4.75. The molecule has 1 aromatic rings. The highest BCUT2D eigenvalue weighted by molar-refractivity contribution is 7.99. The molecule has 1 N–H and O–H groups in total. The minimum atomic E-state index is -0.920. The Hall–Kier alpha value is -1.51. The van der Waals surface area contributed by atoms with Crippen molar-refractivity contribution >= 4 is 17.7 Å². The zero-order valence-electron chi connectivity index (χ0n) is 14.7. The SMILES string of the molecule is CC[C@@H](CSc1ccc(C)c(C)c1)NC(=O)C1(C#N)CCOCC1. The van der Waals surface area contributed by atoms with Gasteiger partial charge in [0.15, 0.2) is 0 Å². The molecule has 1 aromatic carbocycles. The highest BCUT2D eigenvalue weighted by Gasteiger charge is 2.41. The van der Waals surface area contributed by atoms with Gasteiger partial charge < -0.3 is 10.1 Å². The van der Waals surface area contributed by atoms with Gasteiger partial charge >= 0.3 is 0 Å². The van der Waals surface area contributed by atoms with E-state index in [1.165, 1.54) is 16.0 Å². The summed E-state index contributed by atoms with van der Waals surface area (Å²) in [7, 11) is 0. The molecule has 1 aliphatic rings. The number of hydrogen-bond donors (Lipinski definition) is 1. The lowest BCUT2D eigenvalue weighted by Crippen LogP contribution is -2.48. The summed E-state index contributed by atoms with van der Waals surface area (Å²) in [6.45, 7) is 7.24. The van der Waals surface area contributed by atoms with Crippen molar-refractivity contribution in [2.24, 2.45) is 5.41 Å². The Labute approximate surface area is 149 Å². The van der Waals surface area contributed by atoms with Crippen molar-refractivity contribution in [3.8, 4) is 6.07 Å². The van der Waals surface area contributed by atoms with Gasteiger partial charge in [0, 0.05) is 29.9 Å². The molecule has 130 valence electrons. The largest absolute Gasteiger partial charge is 0.381 e. The number of nitrogens with one attached hydrogen (secondary N) is 1. The molecule has 0 bridgehead atoms. The molecule has 0 radical (unpaired) electrons. The van der Waals surface area contributed by atoms with E-state index in [9.17, 15) is 10.1 Å². The fourth-order valence-corrected chi connectivity index (χ4v) is 3.83. The van der Waals surface area contributed by atoms with E-state index in [4.69, 9.17) is 4.74 Å². The monoisotopic (exact) mass is 346 g/mol. The van der Waals surface area contributed by atoms with Gasteiger partial charge in [-0.1, -0.05) is 13.0 Å². The van der Waals surface area contributed by atoms with Gasteiger partial charge in [0.1, 0.15) is 5.41 Å². The summed E-state index contributed by atoms with van der Waals surface area (Å²) in [5.41, 5.74) is 1.65. The number of nitriles is 1. The van der Waals surface area contributed by atoms with Crippen molar-refractivity contribution in [3.05, 3.63) is 29.3 Å². The number of nitrogens with zero attached hydrogens (tertiary/aromatic N) is 1. The van der Waals surface area contributed by atoms with Crippen LogP contribution < -0.4 is 5.32 Å². The molecule has 0 aromatic heterocycles. The standard InChI is InChI=1S/C19H26N2O2S/c1-4-16(12-24-17-6-5-14(2)15(3)11-17)21-18(22)19(13-20)7-9-23-10-8-19/h5-6,11,16H,4,7-10,12H2,1-3H3,(H,21,22)/t16-/m0/s1. The van der Waals surface area contributed by atoms with Crippen LogP contribution >= 0.6 is 11.8 Å². The smallest absolute Gasteiger partial charge is 0.240 e. The van der Waals surface area contributed by atoms with Crippen LogP contribution in [0.3, 0.4) is 0 Å². The van der Waals surface area contributed by atoms with E-state index in [0.29, 0.717) is 26.1 Å². The second kappa shape index (κ2) is 8.55. The molecule has 0 aliphatic carbocycles. The molecule has 1 heterocycles. The van der Waals surface area contributed by atoms with Gasteiger partial charge in [0.25, 0.3) is 0 Å². The first-order valence-corrected chi connectivity index (χ1v) is 9.49. The fourth-order valence-electron chi connectivity index (χ4n) is 2.70. The normalized spacial score (nSPS) is 17.8. The van der Waals surface area contributed by atoms with Crippen molar-refractivity contribution in [1.82, 2.24) is 5.32 Å². The first kappa shape index (κ1) is 18.8. The molecule has 4 nitrogen and oxygen atoms in total. The Balaban J connectivity index is 1.94. The molecule has 2 rings (SSSR count). The van der Waals surface area contributed by atoms with Gasteiger partial charge in [-0.3, -0.25) is 4.79 Å². The molecule has 0 saturated carbocycles. The number of carbonyl (C=O) groups excluding carboxylic acids is 1. The van der Waals surface area contributed by atoms with Crippen molar-refractivity contribution in [3.63, 3.8) is 0 Å². The average Bonchev–Trinajstić information content (AvgIpc) is 2.61. The van der Waals surface area contributed by atoms with Crippen LogP contribution in [0.2, 0.25) is 0 Å². The Morgan fingerprint density at radius 3 is 2.67 bits per heavy atom. The van der Waals surface area contributed by atoms with E-state index in [1.54, 1.807) is 11.8 Å². The van der Waals surface area contributed by atoms with E-state index in [-0.39, 0.29) is 11.9 Å². The molecule has 0 unspecified atom stereocenters. The summed E-state index contributed by atoms with van der Waals surface area (Å²) in [6, 6.07) is 8.74. The van der Waals surface area contributed by atoms with Gasteiger partial charge in [-0.25, -0.2) is 0 Å². The third-order valence-corrected chi connectivity index (χ3v) is 5.91. The van der Waals surface area contributed by atoms with Gasteiger partial charge in [-0.2, -0.15) is 5.26 Å². The maximum Gasteiger partial charge on any atom is 0.240 e. The van der Waals surface area contributed by atoms with E-state index in [2.05, 4.69) is 50.4 Å². The number of carbonyl (C=O) groups is 1. The van der Waals surface area contributed by atoms with Crippen LogP contribution in [0.5, 0.6) is 0 Å². The number of ether oxygens (including phenoxy) is 1. The molecular formula is C19H26N2O2S. The number of thioether (sulfide) groups is 1. The zero-order valence-corrected chi connectivity index (χ0v) is 15.5. The van der Waals surface area contributed by atoms with Gasteiger partial charge in [0.05, 0.1) is 6.07 Å². The quantitative estimate of drug-likeness (QED) is 0.799. The summed E-state index contributed by atoms with van der Waals surface area (Å²) >= 11 is 1.75. The molecular weight excluding hydrogens is 320 g/mol. The summed E-state index contributed by atoms with van der Waals surface area (Å²) in [4.78, 5) is 13.8. The lowest BCUT2D eigenvalue weighted by Gasteiger charge is -2.31. The van der Waals surface area contributed by atoms with Gasteiger partial charge in [-0.05, 0) is 56.4 Å². The molecule has 1 aliphatic heterocycles. The average molecular weight is 346 g/mol. The van der Waals surface area contributed by atoms with Crippen LogP contribution in [-0.2, 0) is 9.53 Å². The molecule has 1 fully saturated rings. The first-order chi connectivity index (χ1) is 11.5. The van der Waals surface area contributed by atoms with Gasteiger partial charge in [-0.15, -0.1) is 11.8 Å². The maximum absolute atomic E-state index is 12.6. The third kappa shape index (κ3) is 4.52. The summed E-state index contributed by atoms with van der Waals surface area (Å²) in [5.74, 6) is 0.670. The number of rotatable bonds is 6. The van der Waals surface area contributed by atoms with Crippen molar-refractivity contribution in [1.29, 1.82) is 5.26 Å². The van der Waals surface area contributed by atoms with Crippen LogP contribution in [0, 0.1) is 30.6 Å². The summed E-state index contributed by atoms with van der Waals surface area (Å²) in [6.07, 6.45) is 1.81. The van der Waals surface area contributed by atoms with E-state index >= 15 is 0 Å². The predicted octanol–water partition coefficient (Wildman–Crippen LogP) is 3.61. The molecule has 1 saturated heterocycles. The maximum atomic E-state index is 12.6. The molecule has 1 amide bonds. The van der Waals surface area contributed by atoms with Crippen LogP contribution in [0.1, 0.15) is 37.3 Å². The number of hydrogen-bond acceptors (Lipinski definition) is 4. The van der Waals surface area contributed by atoms with Crippen LogP contribution in [0.4, 0.5) is 0 Å². The summed E-state index contributed by atoms with van der Waals surface area (Å²) in [5, 5.41) is 12.6. The Morgan fingerprint density at radius 2 is 2.08 bits per heavy atom. The topological polar surface area (TPSA) is 62.1 Å². The zero-order chi connectivity index (χ0) is 17.6. The fraction of sp³-hybridized carbons (Fsp3) is 0.579. The minimum absolute atomic E-state index is 0.0668. The van der Waals surface area contributed by atoms with Crippen molar-refractivity contribution in [2.75, 3.05) is 19.0 Å². The highest BCUT2D eigenvalue weighted by atomic mass is 32.2. The van der Waals surface area contributed by atoms with Crippen LogP contribution in [0.25, 0.3) is 0 Å². The first-order valence-electron chi connectivity index (χ1n) is 8.51. The number of aryl methyl sites for hydroxylation is 2. The van der Waals surface area contributed by atoms with Crippen molar-refractivity contribution < 1.29 is 9.53 Å². The Bertz CT molecular complexity index is 618. The lowest BCUT2D eigenvalue weighted by atomic mass is 9.80. The van der Waals surface area contributed by atoms with Crippen LogP contribution in [-0.4, -0.2) is 30.9 Å². The number of benzene rings is 1. The molecule has 0 spiro atoms. The van der Waals surface area contributed by atoms with E-state index in [1.807, 2.05) is 0 Å². The van der Waals surface area contributed by atoms with Gasteiger partial charge in [0.2, 0.25) is 5.91 Å². The Kier molecular flexibility index (Phi) is 6.70. The van der Waals surface area contributed by atoms with Crippen LogP contribution in [0.15, 0.2) is 23.1 Å². The highest BCUT2D eigenvalue weighted by Crippen LogP contribution is 2.30. The van der Waals surface area contributed by atoms with E-state index in [0.717, 1.165) is 12.2 Å². The predicted molar refractivity (Wildman–Crippen MR) is 97.0 cm³/mol. The van der Waals surface area contributed by atoms with Crippen molar-refractivity contribution in [2.45, 2.75) is 51.0 Å². The molecule has 1 atom stereocenters. The van der Waals surface area contributed by atoms with E-state index < -0.39 is 5.41 Å². The molecule has 5 heteroatoms. The lowest BCUT2D eigenvalue weighted by molar-refractivity contribution is -0.133. The Morgan fingerprint density at radius 1 is 1.38 bits per heavy atom. The summed E-state index contributed by atoms with van der Waals surface area (Å²) < 4.78 is 5.30. The molecule has 24 heavy (non-hydrogen) atoms. The second-order valence-electron chi connectivity index (χ2n) is 6.44.